The summed E-state index contributed by atoms with van der Waals surface area (Å²) in [6.45, 7) is 7.88. The zero-order valence-corrected chi connectivity index (χ0v) is 15.4. The normalized spacial score (nSPS) is 22.9. The zero-order chi connectivity index (χ0) is 17.4. The molecule has 2 aromatic rings. The van der Waals surface area contributed by atoms with Gasteiger partial charge in [0.05, 0.1) is 12.6 Å². The van der Waals surface area contributed by atoms with Gasteiger partial charge in [-0.05, 0) is 32.2 Å². The summed E-state index contributed by atoms with van der Waals surface area (Å²) in [6.07, 6.45) is 7.01. The third-order valence-electron chi connectivity index (χ3n) is 5.26. The van der Waals surface area contributed by atoms with Gasteiger partial charge in [0, 0.05) is 11.3 Å². The van der Waals surface area contributed by atoms with Crippen LogP contribution < -0.4 is 0 Å². The molecule has 25 heavy (non-hydrogen) atoms. The third-order valence-corrected chi connectivity index (χ3v) is 5.26. The molecular weight excluding hydrogens is 318 g/mol. The van der Waals surface area contributed by atoms with Crippen molar-refractivity contribution in [3.63, 3.8) is 0 Å². The van der Waals surface area contributed by atoms with Crippen LogP contribution >= 0.6 is 0 Å². The molecule has 136 valence electrons. The van der Waals surface area contributed by atoms with Crippen LogP contribution in [0.3, 0.4) is 0 Å². The molecule has 0 unspecified atom stereocenters. The van der Waals surface area contributed by atoms with E-state index in [4.69, 9.17) is 8.94 Å². The van der Waals surface area contributed by atoms with Crippen LogP contribution in [-0.2, 0) is 12.0 Å². The van der Waals surface area contributed by atoms with Crippen LogP contribution in [0.5, 0.6) is 0 Å². The Morgan fingerprint density at radius 3 is 2.52 bits per heavy atom. The summed E-state index contributed by atoms with van der Waals surface area (Å²) >= 11 is 0. The van der Waals surface area contributed by atoms with E-state index in [2.05, 4.69) is 46.0 Å². The van der Waals surface area contributed by atoms with Crippen LogP contribution in [0, 0.1) is 0 Å². The summed E-state index contributed by atoms with van der Waals surface area (Å²) in [4.78, 5) is 6.92. The first-order chi connectivity index (χ1) is 12.0. The van der Waals surface area contributed by atoms with E-state index in [9.17, 15) is 0 Å². The second kappa shape index (κ2) is 6.52. The first-order valence-electron chi connectivity index (χ1n) is 9.41. The van der Waals surface area contributed by atoms with E-state index < -0.39 is 0 Å². The fourth-order valence-electron chi connectivity index (χ4n) is 3.47. The third kappa shape index (κ3) is 3.47. The highest BCUT2D eigenvalue weighted by Gasteiger charge is 2.32. The Morgan fingerprint density at radius 2 is 1.84 bits per heavy atom. The number of hydrogen-bond acceptors (Lipinski definition) is 7. The van der Waals surface area contributed by atoms with E-state index in [1.54, 1.807) is 0 Å². The molecule has 3 heterocycles. The summed E-state index contributed by atoms with van der Waals surface area (Å²) in [7, 11) is 0. The lowest BCUT2D eigenvalue weighted by Gasteiger charge is -2.32. The molecule has 1 atom stereocenters. The minimum atomic E-state index is -0.128. The van der Waals surface area contributed by atoms with E-state index in [-0.39, 0.29) is 11.5 Å². The Bertz CT molecular complexity index is 713. The van der Waals surface area contributed by atoms with Crippen LogP contribution in [0.1, 0.15) is 94.8 Å². The molecule has 2 fully saturated rings. The minimum absolute atomic E-state index is 0.128. The Morgan fingerprint density at radius 1 is 1.04 bits per heavy atom. The zero-order valence-electron chi connectivity index (χ0n) is 15.4. The van der Waals surface area contributed by atoms with Crippen LogP contribution in [0.15, 0.2) is 8.94 Å². The van der Waals surface area contributed by atoms with Gasteiger partial charge in [0.15, 0.2) is 5.82 Å². The van der Waals surface area contributed by atoms with E-state index in [1.165, 1.54) is 32.1 Å². The van der Waals surface area contributed by atoms with Crippen molar-refractivity contribution >= 4 is 0 Å². The number of likely N-dealkylation sites (tertiary alicyclic amines) is 1. The lowest BCUT2D eigenvalue weighted by atomic mass is 9.85. The molecule has 0 amide bonds. The monoisotopic (exact) mass is 345 g/mol. The van der Waals surface area contributed by atoms with Gasteiger partial charge >= 0.3 is 0 Å². The number of nitrogens with zero attached hydrogens (tertiary/aromatic N) is 5. The second-order valence-corrected chi connectivity index (χ2v) is 8.35. The Kier molecular flexibility index (Phi) is 4.35. The molecule has 0 spiro atoms. The maximum atomic E-state index is 6.03. The van der Waals surface area contributed by atoms with Crippen LogP contribution in [-0.4, -0.2) is 31.8 Å². The molecule has 1 saturated carbocycles. The van der Waals surface area contributed by atoms with Gasteiger partial charge in [-0.15, -0.1) is 10.2 Å². The molecule has 7 heteroatoms. The van der Waals surface area contributed by atoms with Gasteiger partial charge < -0.3 is 8.94 Å². The largest absolute Gasteiger partial charge is 0.423 e. The summed E-state index contributed by atoms with van der Waals surface area (Å²) in [5.74, 6) is 3.46. The fraction of sp³-hybridized carbons (Fsp3) is 0.778. The van der Waals surface area contributed by atoms with Crippen molar-refractivity contribution in [2.45, 2.75) is 83.2 Å². The van der Waals surface area contributed by atoms with Gasteiger partial charge in [-0.2, -0.15) is 4.98 Å². The number of aromatic nitrogens is 4. The first-order valence-corrected chi connectivity index (χ1v) is 9.41. The van der Waals surface area contributed by atoms with Gasteiger partial charge in [0.1, 0.15) is 0 Å². The maximum Gasteiger partial charge on any atom is 0.233 e. The average Bonchev–Trinajstić information content (AvgIpc) is 3.15. The van der Waals surface area contributed by atoms with Crippen LogP contribution in [0.4, 0.5) is 0 Å². The summed E-state index contributed by atoms with van der Waals surface area (Å²) in [5, 5.41) is 12.8. The van der Waals surface area contributed by atoms with E-state index in [0.29, 0.717) is 18.4 Å². The molecular formula is C18H27N5O2. The smallest absolute Gasteiger partial charge is 0.233 e. The molecule has 0 bridgehead atoms. The highest BCUT2D eigenvalue weighted by atomic mass is 16.5. The fourth-order valence-corrected chi connectivity index (χ4v) is 3.47. The molecule has 0 N–H and O–H groups in total. The minimum Gasteiger partial charge on any atom is -0.423 e. The number of hydrogen-bond donors (Lipinski definition) is 0. The topological polar surface area (TPSA) is 81.1 Å². The maximum absolute atomic E-state index is 6.03. The molecule has 2 aromatic heterocycles. The van der Waals surface area contributed by atoms with Crippen molar-refractivity contribution in [2.24, 2.45) is 0 Å². The standard InChI is InChI=1S/C18H27N5O2/c1-18(2,3)17-19-14(22-25-17)11-23-10-5-4-9-13(23)16-21-20-15(24-16)12-7-6-8-12/h12-13H,4-11H2,1-3H3/t13-/m1/s1. The molecule has 1 saturated heterocycles. The van der Waals surface area contributed by atoms with Gasteiger partial charge in [0.25, 0.3) is 0 Å². The lowest BCUT2D eigenvalue weighted by Crippen LogP contribution is -2.33. The van der Waals surface area contributed by atoms with Gasteiger partial charge in [-0.25, -0.2) is 0 Å². The Hall–Kier alpha value is -1.76. The van der Waals surface area contributed by atoms with Crippen molar-refractivity contribution in [2.75, 3.05) is 6.54 Å². The lowest BCUT2D eigenvalue weighted by molar-refractivity contribution is 0.111. The van der Waals surface area contributed by atoms with E-state index >= 15 is 0 Å². The predicted octanol–water partition coefficient (Wildman–Crippen LogP) is 3.74. The van der Waals surface area contributed by atoms with Crippen LogP contribution in [0.25, 0.3) is 0 Å². The molecule has 0 radical (unpaired) electrons. The molecule has 4 rings (SSSR count). The highest BCUT2D eigenvalue weighted by Crippen LogP contribution is 2.38. The highest BCUT2D eigenvalue weighted by molar-refractivity contribution is 5.02. The van der Waals surface area contributed by atoms with Crippen molar-refractivity contribution < 1.29 is 8.94 Å². The molecule has 0 aromatic carbocycles. The summed E-state index contributed by atoms with van der Waals surface area (Å²) in [6, 6.07) is 0.159. The predicted molar refractivity (Wildman–Crippen MR) is 90.9 cm³/mol. The average molecular weight is 345 g/mol. The SMILES string of the molecule is CC(C)(C)c1nc(CN2CCCC[C@@H]2c2nnc(C3CCC3)o2)no1. The van der Waals surface area contributed by atoms with Crippen molar-refractivity contribution in [1.29, 1.82) is 0 Å². The van der Waals surface area contributed by atoms with Crippen molar-refractivity contribution in [3.8, 4) is 0 Å². The molecule has 2 aliphatic rings. The van der Waals surface area contributed by atoms with Crippen molar-refractivity contribution in [1.82, 2.24) is 25.2 Å². The number of piperidine rings is 1. The Labute approximate surface area is 148 Å². The summed E-state index contributed by atoms with van der Waals surface area (Å²) in [5.41, 5.74) is -0.128. The molecule has 1 aliphatic carbocycles. The van der Waals surface area contributed by atoms with Gasteiger partial charge in [-0.3, -0.25) is 4.90 Å². The van der Waals surface area contributed by atoms with E-state index in [1.807, 2.05) is 0 Å². The van der Waals surface area contributed by atoms with Crippen molar-refractivity contribution in [3.05, 3.63) is 23.5 Å². The van der Waals surface area contributed by atoms with Gasteiger partial charge in [0.2, 0.25) is 17.7 Å². The van der Waals surface area contributed by atoms with Crippen LogP contribution in [0.2, 0.25) is 0 Å². The van der Waals surface area contributed by atoms with Gasteiger partial charge in [-0.1, -0.05) is 38.8 Å². The molecule has 7 nitrogen and oxygen atoms in total. The second-order valence-electron chi connectivity index (χ2n) is 8.35. The van der Waals surface area contributed by atoms with E-state index in [0.717, 1.165) is 30.6 Å². The summed E-state index contributed by atoms with van der Waals surface area (Å²) < 4.78 is 11.5. The number of rotatable bonds is 4. The quantitative estimate of drug-likeness (QED) is 0.834. The molecule has 1 aliphatic heterocycles. The Balaban J connectivity index is 1.49. The first kappa shape index (κ1) is 16.7.